The van der Waals surface area contributed by atoms with Gasteiger partial charge in [-0.2, -0.15) is 0 Å². The maximum Gasteiger partial charge on any atom is 0.315 e. The number of likely N-dealkylation sites (N-methyl/N-ethyl adjacent to an activating group) is 1. The van der Waals surface area contributed by atoms with E-state index in [2.05, 4.69) is 38.7 Å². The molecule has 2 N–H and O–H groups in total. The molecule has 1 aliphatic heterocycles. The van der Waals surface area contributed by atoms with Crippen LogP contribution in [0.1, 0.15) is 98.3 Å². The minimum atomic E-state index is -1.16. The van der Waals surface area contributed by atoms with Crippen molar-refractivity contribution in [3.05, 3.63) is 11.6 Å². The molecule has 4 bridgehead atoms. The Morgan fingerprint density at radius 3 is 2.54 bits per heavy atom. The summed E-state index contributed by atoms with van der Waals surface area (Å²) in [4.78, 5) is 30.0. The molecule has 4 saturated carbocycles. The molecule has 0 aromatic rings. The van der Waals surface area contributed by atoms with E-state index in [1.807, 2.05) is 0 Å². The molecule has 5 fully saturated rings. The van der Waals surface area contributed by atoms with Gasteiger partial charge in [-0.05, 0) is 80.1 Å². The predicted octanol–water partition coefficient (Wildman–Crippen LogP) is 5.97. The summed E-state index contributed by atoms with van der Waals surface area (Å²) < 4.78 is 7.34. The normalized spacial score (nSPS) is 45.4. The van der Waals surface area contributed by atoms with Crippen molar-refractivity contribution in [2.24, 2.45) is 57.7 Å². The topological polar surface area (TPSA) is 87.1 Å². The molecule has 0 spiro atoms. The predicted molar refractivity (Wildman–Crippen MR) is 159 cm³/mol. The van der Waals surface area contributed by atoms with Crippen LogP contribution in [0.2, 0.25) is 0 Å². The average Bonchev–Trinajstić information content (AvgIpc) is 3.68. The van der Waals surface area contributed by atoms with Crippen LogP contribution >= 0.6 is 0 Å². The molecule has 6 aliphatic rings. The molecule has 0 aromatic carbocycles. The number of aliphatic hydroxyl groups is 1. The molecule has 10 atom stereocenters. The number of ether oxygens (including phenoxy) is 1. The van der Waals surface area contributed by atoms with Crippen molar-refractivity contribution in [3.8, 4) is 0 Å². The first-order valence-corrected chi connectivity index (χ1v) is 17.1. The largest absolute Gasteiger partial charge is 0.481 e. The minimum Gasteiger partial charge on any atom is -0.481 e. The molecule has 1 saturated heterocycles. The Morgan fingerprint density at radius 2 is 1.90 bits per heavy atom. The number of aldehydes is 1. The lowest BCUT2D eigenvalue weighted by Crippen LogP contribution is -2.65. The van der Waals surface area contributed by atoms with Gasteiger partial charge in [0.1, 0.15) is 11.7 Å². The van der Waals surface area contributed by atoms with Crippen molar-refractivity contribution in [3.63, 3.8) is 0 Å². The van der Waals surface area contributed by atoms with Gasteiger partial charge in [0, 0.05) is 25.1 Å². The van der Waals surface area contributed by atoms with Crippen LogP contribution in [0, 0.1) is 57.7 Å². The lowest BCUT2D eigenvalue weighted by atomic mass is 9.41. The van der Waals surface area contributed by atoms with E-state index >= 15 is 0 Å². The molecule has 1 heterocycles. The van der Waals surface area contributed by atoms with Gasteiger partial charge in [0.05, 0.1) is 17.6 Å². The molecule has 6 rings (SSSR count). The van der Waals surface area contributed by atoms with Gasteiger partial charge in [-0.3, -0.25) is 4.79 Å². The van der Waals surface area contributed by atoms with Crippen LogP contribution in [0.25, 0.3) is 0 Å². The zero-order valence-corrected chi connectivity index (χ0v) is 26.0. The van der Waals surface area contributed by atoms with Crippen LogP contribution in [0.15, 0.2) is 11.6 Å². The molecule has 5 aliphatic carbocycles. The number of aliphatic carboxylic acids is 1. The summed E-state index contributed by atoms with van der Waals surface area (Å²) in [6.45, 7) is 11.6. The summed E-state index contributed by atoms with van der Waals surface area (Å²) in [6.07, 6.45) is 15.1. The highest BCUT2D eigenvalue weighted by molar-refractivity contribution is 5.90. The maximum atomic E-state index is 14.0. The molecular formula is C35H55NO5. The van der Waals surface area contributed by atoms with E-state index in [-0.39, 0.29) is 36.6 Å². The van der Waals surface area contributed by atoms with Gasteiger partial charge < -0.3 is 24.6 Å². The molecule has 0 radical (unpaired) electrons. The second-order valence-electron chi connectivity index (χ2n) is 15.3. The Hall–Kier alpha value is -1.24. The quantitative estimate of drug-likeness (QED) is 0.236. The fraction of sp³-hybridized carbons (Fsp3) is 0.886. The van der Waals surface area contributed by atoms with Gasteiger partial charge in [0.25, 0.3) is 0 Å². The average molecular weight is 570 g/mol. The third-order valence-corrected chi connectivity index (χ3v) is 13.6. The summed E-state index contributed by atoms with van der Waals surface area (Å²) in [5.74, 6) is 1.54. The fourth-order valence-corrected chi connectivity index (χ4v) is 12.1. The van der Waals surface area contributed by atoms with Gasteiger partial charge >= 0.3 is 5.97 Å². The SMILES string of the molecule is CCN(CCCO)CC1OC(C23C[C@@H]4[C@H](C)CC[C@H]4C4(C=O)CC2C=C(C(C)C)[C@@]34C(=O)O)CC1C1CCCCC1. The van der Waals surface area contributed by atoms with Crippen molar-refractivity contribution >= 4 is 12.3 Å². The molecule has 0 amide bonds. The molecule has 6 heteroatoms. The molecule has 6 nitrogen and oxygen atoms in total. The van der Waals surface area contributed by atoms with Gasteiger partial charge in [0.2, 0.25) is 0 Å². The van der Waals surface area contributed by atoms with Crippen LogP contribution in [0.5, 0.6) is 0 Å². The van der Waals surface area contributed by atoms with Crippen molar-refractivity contribution in [1.29, 1.82) is 0 Å². The summed E-state index contributed by atoms with van der Waals surface area (Å²) >= 11 is 0. The Kier molecular flexibility index (Phi) is 8.03. The molecular weight excluding hydrogens is 514 g/mol. The van der Waals surface area contributed by atoms with Gasteiger partial charge in [-0.1, -0.05) is 77.9 Å². The number of carbonyl (C=O) groups is 2. The molecule has 41 heavy (non-hydrogen) atoms. The number of hydrogen-bond donors (Lipinski definition) is 2. The number of rotatable bonds is 11. The van der Waals surface area contributed by atoms with Gasteiger partial charge in [-0.25, -0.2) is 0 Å². The summed E-state index contributed by atoms with van der Waals surface area (Å²) in [7, 11) is 0. The number of allylic oxidation sites excluding steroid dienone is 1. The molecule has 0 aromatic heterocycles. The zero-order valence-electron chi connectivity index (χ0n) is 26.0. The second kappa shape index (κ2) is 11.0. The number of carboxylic acids is 1. The fourth-order valence-electron chi connectivity index (χ4n) is 12.1. The van der Waals surface area contributed by atoms with Crippen LogP contribution in [0.4, 0.5) is 0 Å². The Morgan fingerprint density at radius 1 is 1.15 bits per heavy atom. The van der Waals surface area contributed by atoms with Crippen molar-refractivity contribution in [2.75, 3.05) is 26.2 Å². The number of carboxylic acid groups (broad SMARTS) is 1. The summed E-state index contributed by atoms with van der Waals surface area (Å²) in [6, 6.07) is 0. The second-order valence-corrected chi connectivity index (χ2v) is 15.3. The van der Waals surface area contributed by atoms with Gasteiger partial charge in [0.15, 0.2) is 0 Å². The van der Waals surface area contributed by atoms with E-state index in [1.165, 1.54) is 32.1 Å². The van der Waals surface area contributed by atoms with Crippen molar-refractivity contribution in [1.82, 2.24) is 4.90 Å². The van der Waals surface area contributed by atoms with Gasteiger partial charge in [-0.15, -0.1) is 0 Å². The number of carbonyl (C=O) groups excluding carboxylic acids is 1. The number of nitrogens with zero attached hydrogens (tertiary/aromatic N) is 1. The van der Waals surface area contributed by atoms with E-state index in [1.54, 1.807) is 0 Å². The maximum absolute atomic E-state index is 14.0. The number of fused-ring (bicyclic) bond motifs is 2. The van der Waals surface area contributed by atoms with E-state index < -0.39 is 22.2 Å². The Bertz CT molecular complexity index is 1040. The molecule has 6 unspecified atom stereocenters. The third-order valence-electron chi connectivity index (χ3n) is 13.6. The van der Waals surface area contributed by atoms with Crippen LogP contribution in [-0.4, -0.2) is 65.8 Å². The first-order valence-electron chi connectivity index (χ1n) is 17.1. The van der Waals surface area contributed by atoms with E-state index in [9.17, 15) is 19.8 Å². The minimum absolute atomic E-state index is 0.0776. The van der Waals surface area contributed by atoms with Crippen LogP contribution in [0.3, 0.4) is 0 Å². The first-order chi connectivity index (χ1) is 19.7. The highest BCUT2D eigenvalue weighted by atomic mass is 16.5. The van der Waals surface area contributed by atoms with Crippen LogP contribution in [-0.2, 0) is 14.3 Å². The van der Waals surface area contributed by atoms with E-state index in [0.717, 1.165) is 63.6 Å². The van der Waals surface area contributed by atoms with Crippen molar-refractivity contribution < 1.29 is 24.5 Å². The summed E-state index contributed by atoms with van der Waals surface area (Å²) in [5, 5.41) is 21.0. The molecule has 230 valence electrons. The Balaban J connectivity index is 1.45. The summed E-state index contributed by atoms with van der Waals surface area (Å²) in [5.41, 5.74) is -1.53. The highest BCUT2D eigenvalue weighted by Gasteiger charge is 2.86. The lowest BCUT2D eigenvalue weighted by Gasteiger charge is -2.60. The van der Waals surface area contributed by atoms with E-state index in [0.29, 0.717) is 30.1 Å². The zero-order chi connectivity index (χ0) is 29.2. The Labute approximate surface area is 247 Å². The smallest absolute Gasteiger partial charge is 0.315 e. The monoisotopic (exact) mass is 569 g/mol. The third kappa shape index (κ3) is 3.98. The highest BCUT2D eigenvalue weighted by Crippen LogP contribution is 2.84. The number of hydrogen-bond acceptors (Lipinski definition) is 5. The standard InChI is InChI=1S/C35H55NO5/c1-5-36(14-9-15-37)20-30-26(24-10-7-6-8-11-24)17-31(41-30)34-19-27-23(4)12-13-28(27)33(21-38)18-25(34)16-29(22(2)3)35(33,34)32(39)40/h16,21-28,30-31,37H,5-15,17-20H2,1-4H3,(H,39,40)/t23-,25?,26?,27-,28-,30?,31?,33?,34?,35+/m1/s1. The number of aliphatic hydroxyl groups excluding tert-OH is 1. The van der Waals surface area contributed by atoms with Crippen molar-refractivity contribution in [2.45, 2.75) is 111 Å². The first kappa shape index (κ1) is 29.8. The van der Waals surface area contributed by atoms with E-state index in [4.69, 9.17) is 4.74 Å². The van der Waals surface area contributed by atoms with Crippen LogP contribution < -0.4 is 0 Å². The lowest BCUT2D eigenvalue weighted by molar-refractivity contribution is -0.197.